The number of hydrogen-bond acceptors (Lipinski definition) is 3. The topological polar surface area (TPSA) is 52.6 Å². The fourth-order valence-corrected chi connectivity index (χ4v) is 1.56. The van der Waals surface area contributed by atoms with Crippen molar-refractivity contribution in [3.8, 4) is 0 Å². The van der Waals surface area contributed by atoms with E-state index in [4.69, 9.17) is 5.11 Å². The number of aliphatic hydroxyl groups excluding tert-OH is 1. The molecular formula is C13H20N2O2. The SMILES string of the molecule is CCN(CC(=O)NC(C)CO)c1ccccc1. The summed E-state index contributed by atoms with van der Waals surface area (Å²) in [5, 5.41) is 11.6. The molecule has 0 spiro atoms. The number of benzene rings is 1. The number of nitrogens with one attached hydrogen (secondary N) is 1. The number of hydrogen-bond donors (Lipinski definition) is 2. The Labute approximate surface area is 102 Å². The Bertz CT molecular complexity index is 341. The lowest BCUT2D eigenvalue weighted by atomic mass is 10.3. The van der Waals surface area contributed by atoms with Crippen molar-refractivity contribution < 1.29 is 9.90 Å². The van der Waals surface area contributed by atoms with E-state index in [1.54, 1.807) is 6.92 Å². The van der Waals surface area contributed by atoms with Gasteiger partial charge in [-0.1, -0.05) is 18.2 Å². The zero-order valence-corrected chi connectivity index (χ0v) is 10.4. The predicted octanol–water partition coefficient (Wildman–Crippen LogP) is 1.01. The zero-order valence-electron chi connectivity index (χ0n) is 10.4. The van der Waals surface area contributed by atoms with Crippen molar-refractivity contribution in [2.45, 2.75) is 19.9 Å². The number of carbonyl (C=O) groups is 1. The third-order valence-electron chi connectivity index (χ3n) is 2.52. The molecule has 0 aromatic heterocycles. The van der Waals surface area contributed by atoms with E-state index >= 15 is 0 Å². The maximum Gasteiger partial charge on any atom is 0.239 e. The van der Waals surface area contributed by atoms with Crippen LogP contribution in [-0.4, -0.2) is 36.8 Å². The summed E-state index contributed by atoms with van der Waals surface area (Å²) in [6, 6.07) is 9.61. The Hall–Kier alpha value is -1.55. The minimum atomic E-state index is -0.197. The highest BCUT2D eigenvalue weighted by Gasteiger charge is 2.11. The van der Waals surface area contributed by atoms with Crippen LogP contribution in [0.1, 0.15) is 13.8 Å². The molecule has 0 bridgehead atoms. The van der Waals surface area contributed by atoms with Gasteiger partial charge < -0.3 is 15.3 Å². The Morgan fingerprint density at radius 2 is 2.06 bits per heavy atom. The minimum Gasteiger partial charge on any atom is -0.394 e. The van der Waals surface area contributed by atoms with E-state index in [-0.39, 0.29) is 18.6 Å². The summed E-state index contributed by atoms with van der Waals surface area (Å²) in [4.78, 5) is 13.7. The molecule has 4 nitrogen and oxygen atoms in total. The molecule has 0 saturated heterocycles. The molecule has 17 heavy (non-hydrogen) atoms. The number of para-hydroxylation sites is 1. The van der Waals surface area contributed by atoms with E-state index in [2.05, 4.69) is 5.32 Å². The Kier molecular flexibility index (Phi) is 5.49. The molecule has 1 aromatic rings. The van der Waals surface area contributed by atoms with Crippen molar-refractivity contribution >= 4 is 11.6 Å². The highest BCUT2D eigenvalue weighted by molar-refractivity contribution is 5.81. The quantitative estimate of drug-likeness (QED) is 0.775. The molecule has 0 aliphatic rings. The molecule has 1 atom stereocenters. The smallest absolute Gasteiger partial charge is 0.239 e. The number of amides is 1. The summed E-state index contributed by atoms with van der Waals surface area (Å²) in [6.45, 7) is 4.82. The lowest BCUT2D eigenvalue weighted by molar-refractivity contribution is -0.120. The van der Waals surface area contributed by atoms with Gasteiger partial charge in [-0.25, -0.2) is 0 Å². The van der Waals surface area contributed by atoms with Crippen LogP contribution in [0.5, 0.6) is 0 Å². The normalized spacial score (nSPS) is 11.9. The minimum absolute atomic E-state index is 0.0385. The van der Waals surface area contributed by atoms with Crippen LogP contribution in [0.25, 0.3) is 0 Å². The van der Waals surface area contributed by atoms with Gasteiger partial charge in [0.05, 0.1) is 13.2 Å². The number of nitrogens with zero attached hydrogens (tertiary/aromatic N) is 1. The van der Waals surface area contributed by atoms with Gasteiger partial charge in [-0.15, -0.1) is 0 Å². The van der Waals surface area contributed by atoms with Gasteiger partial charge in [-0.2, -0.15) is 0 Å². The monoisotopic (exact) mass is 236 g/mol. The Morgan fingerprint density at radius 1 is 1.41 bits per heavy atom. The summed E-state index contributed by atoms with van der Waals surface area (Å²) < 4.78 is 0. The van der Waals surface area contributed by atoms with Crippen LogP contribution in [0.4, 0.5) is 5.69 Å². The van der Waals surface area contributed by atoms with Gasteiger partial charge in [0, 0.05) is 18.3 Å². The summed E-state index contributed by atoms with van der Waals surface area (Å²) >= 11 is 0. The molecule has 2 N–H and O–H groups in total. The maximum atomic E-state index is 11.7. The summed E-state index contributed by atoms with van der Waals surface area (Å²) in [5.41, 5.74) is 1.03. The zero-order chi connectivity index (χ0) is 12.7. The summed E-state index contributed by atoms with van der Waals surface area (Å²) in [6.07, 6.45) is 0. The van der Waals surface area contributed by atoms with Gasteiger partial charge in [0.15, 0.2) is 0 Å². The van der Waals surface area contributed by atoms with Crippen molar-refractivity contribution in [3.05, 3.63) is 30.3 Å². The molecule has 4 heteroatoms. The number of anilines is 1. The van der Waals surface area contributed by atoms with Gasteiger partial charge in [0.2, 0.25) is 5.91 Å². The van der Waals surface area contributed by atoms with Crippen molar-refractivity contribution in [2.75, 3.05) is 24.6 Å². The molecule has 1 amide bonds. The van der Waals surface area contributed by atoms with Crippen molar-refractivity contribution in [1.82, 2.24) is 5.32 Å². The second-order valence-corrected chi connectivity index (χ2v) is 4.00. The maximum absolute atomic E-state index is 11.7. The standard InChI is InChI=1S/C13H20N2O2/c1-3-15(12-7-5-4-6-8-12)9-13(17)14-11(2)10-16/h4-8,11,16H,3,9-10H2,1-2H3,(H,14,17). The van der Waals surface area contributed by atoms with E-state index in [0.29, 0.717) is 6.54 Å². The Morgan fingerprint density at radius 3 is 2.59 bits per heavy atom. The molecule has 0 saturated carbocycles. The lowest BCUT2D eigenvalue weighted by Crippen LogP contribution is -2.42. The van der Waals surface area contributed by atoms with Crippen LogP contribution in [0.2, 0.25) is 0 Å². The van der Waals surface area contributed by atoms with Crippen molar-refractivity contribution in [2.24, 2.45) is 0 Å². The molecular weight excluding hydrogens is 216 g/mol. The second kappa shape index (κ2) is 6.91. The van der Waals surface area contributed by atoms with Gasteiger partial charge in [-0.3, -0.25) is 4.79 Å². The third-order valence-corrected chi connectivity index (χ3v) is 2.52. The van der Waals surface area contributed by atoms with E-state index < -0.39 is 0 Å². The predicted molar refractivity (Wildman–Crippen MR) is 69.0 cm³/mol. The first-order valence-corrected chi connectivity index (χ1v) is 5.87. The van der Waals surface area contributed by atoms with E-state index in [1.807, 2.05) is 42.2 Å². The molecule has 0 aliphatic carbocycles. The number of carbonyl (C=O) groups excluding carboxylic acids is 1. The molecule has 1 unspecified atom stereocenters. The average molecular weight is 236 g/mol. The number of rotatable bonds is 6. The van der Waals surface area contributed by atoms with Gasteiger partial charge in [-0.05, 0) is 26.0 Å². The molecule has 0 aliphatic heterocycles. The first kappa shape index (κ1) is 13.5. The van der Waals surface area contributed by atoms with E-state index in [0.717, 1.165) is 12.2 Å². The number of aliphatic hydroxyl groups is 1. The molecule has 94 valence electrons. The molecule has 1 rings (SSSR count). The van der Waals surface area contributed by atoms with Gasteiger partial charge >= 0.3 is 0 Å². The fourth-order valence-electron chi connectivity index (χ4n) is 1.56. The van der Waals surface area contributed by atoms with Crippen LogP contribution in [0, 0.1) is 0 Å². The molecule has 0 fully saturated rings. The third kappa shape index (κ3) is 4.44. The first-order chi connectivity index (χ1) is 8.17. The summed E-state index contributed by atoms with van der Waals surface area (Å²) in [5.74, 6) is -0.0720. The van der Waals surface area contributed by atoms with Gasteiger partial charge in [0.25, 0.3) is 0 Å². The van der Waals surface area contributed by atoms with Crippen molar-refractivity contribution in [3.63, 3.8) is 0 Å². The van der Waals surface area contributed by atoms with E-state index in [9.17, 15) is 4.79 Å². The first-order valence-electron chi connectivity index (χ1n) is 5.87. The Balaban J connectivity index is 2.56. The highest BCUT2D eigenvalue weighted by atomic mass is 16.3. The lowest BCUT2D eigenvalue weighted by Gasteiger charge is -2.23. The molecule has 0 heterocycles. The number of likely N-dealkylation sites (N-methyl/N-ethyl adjacent to an activating group) is 1. The second-order valence-electron chi connectivity index (χ2n) is 4.00. The van der Waals surface area contributed by atoms with Crippen LogP contribution in [0.15, 0.2) is 30.3 Å². The van der Waals surface area contributed by atoms with Crippen LogP contribution in [0.3, 0.4) is 0 Å². The van der Waals surface area contributed by atoms with Crippen LogP contribution >= 0.6 is 0 Å². The van der Waals surface area contributed by atoms with E-state index in [1.165, 1.54) is 0 Å². The van der Waals surface area contributed by atoms with Gasteiger partial charge in [0.1, 0.15) is 0 Å². The molecule has 0 radical (unpaired) electrons. The van der Waals surface area contributed by atoms with Crippen LogP contribution in [-0.2, 0) is 4.79 Å². The average Bonchev–Trinajstić information content (AvgIpc) is 2.36. The van der Waals surface area contributed by atoms with Crippen molar-refractivity contribution in [1.29, 1.82) is 0 Å². The fraction of sp³-hybridized carbons (Fsp3) is 0.462. The largest absolute Gasteiger partial charge is 0.394 e. The highest BCUT2D eigenvalue weighted by Crippen LogP contribution is 2.11. The summed E-state index contributed by atoms with van der Waals surface area (Å²) in [7, 11) is 0. The van der Waals surface area contributed by atoms with Crippen LogP contribution < -0.4 is 10.2 Å². The molecule has 1 aromatic carbocycles.